The van der Waals surface area contributed by atoms with Gasteiger partial charge in [0.25, 0.3) is 0 Å². The third-order valence-electron chi connectivity index (χ3n) is 5.08. The van der Waals surface area contributed by atoms with Crippen LogP contribution < -0.4 is 0 Å². The minimum atomic E-state index is -0.306. The van der Waals surface area contributed by atoms with Crippen molar-refractivity contribution in [2.75, 3.05) is 14.2 Å². The van der Waals surface area contributed by atoms with Gasteiger partial charge in [0.05, 0.1) is 17.6 Å². The first-order valence-corrected chi connectivity index (χ1v) is 8.32. The molecule has 2 atom stereocenters. The Morgan fingerprint density at radius 1 is 0.864 bits per heavy atom. The van der Waals surface area contributed by atoms with Crippen LogP contribution in [0.15, 0.2) is 46.9 Å². The monoisotopic (exact) mass is 360 g/mol. The van der Waals surface area contributed by atoms with E-state index in [1.807, 2.05) is 0 Å². The zero-order valence-electron chi connectivity index (χ0n) is 13.4. The molecule has 0 spiro atoms. The number of hydrogen-bond donors (Lipinski definition) is 0. The minimum Gasteiger partial charge on any atom is -0.380 e. The lowest BCUT2D eigenvalue weighted by Gasteiger charge is -2.41. The van der Waals surface area contributed by atoms with E-state index in [2.05, 4.69) is 72.2 Å². The van der Waals surface area contributed by atoms with Crippen LogP contribution in [0.3, 0.4) is 0 Å². The van der Waals surface area contributed by atoms with Crippen LogP contribution in [0.25, 0.3) is 11.1 Å². The predicted molar refractivity (Wildman–Crippen MR) is 93.3 cm³/mol. The molecule has 2 aromatic carbocycles. The van der Waals surface area contributed by atoms with Gasteiger partial charge in [-0.05, 0) is 48.2 Å². The van der Waals surface area contributed by atoms with Gasteiger partial charge in [0.2, 0.25) is 0 Å². The van der Waals surface area contributed by atoms with Gasteiger partial charge in [0.15, 0.2) is 0 Å². The summed E-state index contributed by atoms with van der Waals surface area (Å²) in [5, 5.41) is 0. The van der Waals surface area contributed by atoms with Crippen molar-refractivity contribution in [2.24, 2.45) is 0 Å². The number of hydrogen-bond acceptors (Lipinski definition) is 2. The van der Waals surface area contributed by atoms with Crippen molar-refractivity contribution in [3.63, 3.8) is 0 Å². The molecule has 0 bridgehead atoms. The van der Waals surface area contributed by atoms with Gasteiger partial charge in [-0.2, -0.15) is 0 Å². The Morgan fingerprint density at radius 2 is 1.45 bits per heavy atom. The molecular formula is C19H21BrO2. The minimum absolute atomic E-state index is 0.000787. The fourth-order valence-corrected chi connectivity index (χ4v) is 4.26. The molecule has 2 unspecified atom stereocenters. The summed E-state index contributed by atoms with van der Waals surface area (Å²) in [6, 6.07) is 15.1. The number of methoxy groups -OCH3 is 2. The van der Waals surface area contributed by atoms with E-state index in [1.54, 1.807) is 14.2 Å². The largest absolute Gasteiger partial charge is 0.380 e. The highest BCUT2D eigenvalue weighted by atomic mass is 79.9. The van der Waals surface area contributed by atoms with Crippen molar-refractivity contribution in [2.45, 2.75) is 31.5 Å². The van der Waals surface area contributed by atoms with Gasteiger partial charge in [-0.25, -0.2) is 0 Å². The number of fused-ring (bicyclic) bond motifs is 3. The van der Waals surface area contributed by atoms with E-state index in [-0.39, 0.29) is 17.6 Å². The molecule has 3 rings (SSSR count). The Kier molecular flexibility index (Phi) is 4.15. The molecule has 1 aliphatic rings. The van der Waals surface area contributed by atoms with Crippen LogP contribution in [0.2, 0.25) is 0 Å². The normalized spacial score (nSPS) is 22.0. The first-order chi connectivity index (χ1) is 10.6. The highest BCUT2D eigenvalue weighted by Crippen LogP contribution is 2.54. The van der Waals surface area contributed by atoms with Crippen molar-refractivity contribution in [3.05, 3.63) is 58.1 Å². The lowest BCUT2D eigenvalue weighted by atomic mass is 9.70. The van der Waals surface area contributed by atoms with Crippen LogP contribution in [-0.2, 0) is 14.9 Å². The van der Waals surface area contributed by atoms with E-state index in [0.717, 1.165) is 4.47 Å². The van der Waals surface area contributed by atoms with E-state index in [0.29, 0.717) is 0 Å². The molecule has 0 saturated heterocycles. The summed E-state index contributed by atoms with van der Waals surface area (Å²) in [4.78, 5) is 0. The average molecular weight is 361 g/mol. The second kappa shape index (κ2) is 5.80. The number of ether oxygens (including phenoxy) is 2. The quantitative estimate of drug-likeness (QED) is 0.780. The van der Waals surface area contributed by atoms with Crippen LogP contribution in [0.5, 0.6) is 0 Å². The van der Waals surface area contributed by atoms with Crippen molar-refractivity contribution >= 4 is 15.9 Å². The first kappa shape index (κ1) is 15.7. The first-order valence-electron chi connectivity index (χ1n) is 7.52. The van der Waals surface area contributed by atoms with Gasteiger partial charge in [0, 0.05) is 18.7 Å². The van der Waals surface area contributed by atoms with Gasteiger partial charge in [-0.3, -0.25) is 0 Å². The summed E-state index contributed by atoms with van der Waals surface area (Å²) in [6.45, 7) is 4.25. The van der Waals surface area contributed by atoms with Crippen LogP contribution in [0.1, 0.15) is 25.0 Å². The maximum Gasteiger partial charge on any atom is 0.0732 e. The maximum atomic E-state index is 5.82. The molecule has 0 fully saturated rings. The van der Waals surface area contributed by atoms with Crippen LogP contribution >= 0.6 is 15.9 Å². The molecule has 22 heavy (non-hydrogen) atoms. The molecule has 2 nitrogen and oxygen atoms in total. The predicted octanol–water partition coefficient (Wildman–Crippen LogP) is 4.79. The molecular weight excluding hydrogens is 340 g/mol. The lowest BCUT2D eigenvalue weighted by molar-refractivity contribution is -0.0204. The molecule has 0 amide bonds. The molecule has 0 heterocycles. The van der Waals surface area contributed by atoms with E-state index in [9.17, 15) is 0 Å². The zero-order valence-corrected chi connectivity index (χ0v) is 15.0. The Morgan fingerprint density at radius 3 is 2.09 bits per heavy atom. The fraction of sp³-hybridized carbons (Fsp3) is 0.368. The fourth-order valence-electron chi connectivity index (χ4n) is 3.90. The van der Waals surface area contributed by atoms with Crippen LogP contribution in [-0.4, -0.2) is 26.4 Å². The molecule has 116 valence electrons. The van der Waals surface area contributed by atoms with Crippen molar-refractivity contribution in [1.29, 1.82) is 0 Å². The SMILES string of the molecule is COC(C)C1(C(C)OC)c2ccccc2-c2ccc(Br)cc21. The Balaban J connectivity index is 2.40. The Labute approximate surface area is 140 Å². The van der Waals surface area contributed by atoms with Gasteiger partial charge < -0.3 is 9.47 Å². The van der Waals surface area contributed by atoms with Gasteiger partial charge in [0.1, 0.15) is 0 Å². The van der Waals surface area contributed by atoms with Crippen LogP contribution in [0, 0.1) is 0 Å². The summed E-state index contributed by atoms with van der Waals surface area (Å²) in [7, 11) is 3.54. The van der Waals surface area contributed by atoms with Gasteiger partial charge in [-0.1, -0.05) is 46.3 Å². The number of benzene rings is 2. The summed E-state index contributed by atoms with van der Waals surface area (Å²) in [6.07, 6.45) is -0.00157. The molecule has 0 aromatic heterocycles. The third-order valence-corrected chi connectivity index (χ3v) is 5.57. The average Bonchev–Trinajstić information content (AvgIpc) is 2.84. The summed E-state index contributed by atoms with van der Waals surface area (Å²) in [5.41, 5.74) is 4.79. The summed E-state index contributed by atoms with van der Waals surface area (Å²) < 4.78 is 12.7. The second-order valence-corrected chi connectivity index (χ2v) is 6.78. The lowest BCUT2D eigenvalue weighted by Crippen LogP contribution is -2.48. The Hall–Kier alpha value is -1.16. The molecule has 1 aliphatic carbocycles. The maximum absolute atomic E-state index is 5.82. The van der Waals surface area contributed by atoms with E-state index < -0.39 is 0 Å². The van der Waals surface area contributed by atoms with Gasteiger partial charge >= 0.3 is 0 Å². The molecule has 0 aliphatic heterocycles. The molecule has 0 radical (unpaired) electrons. The van der Waals surface area contributed by atoms with Crippen molar-refractivity contribution in [1.82, 2.24) is 0 Å². The second-order valence-electron chi connectivity index (χ2n) is 5.86. The van der Waals surface area contributed by atoms with Gasteiger partial charge in [-0.15, -0.1) is 0 Å². The Bertz CT molecular complexity index is 686. The molecule has 2 aromatic rings. The number of rotatable bonds is 4. The molecule has 0 saturated carbocycles. The summed E-state index contributed by atoms with van der Waals surface area (Å²) >= 11 is 3.62. The number of halogens is 1. The van der Waals surface area contributed by atoms with Crippen molar-refractivity contribution < 1.29 is 9.47 Å². The van der Waals surface area contributed by atoms with E-state index >= 15 is 0 Å². The molecule has 3 heteroatoms. The van der Waals surface area contributed by atoms with Crippen molar-refractivity contribution in [3.8, 4) is 11.1 Å². The summed E-state index contributed by atoms with van der Waals surface area (Å²) in [5.74, 6) is 0. The standard InChI is InChI=1S/C19H21BrO2/c1-12(21-3)19(13(2)22-4)17-8-6-5-7-15(17)16-10-9-14(20)11-18(16)19/h5-13H,1-4H3. The van der Waals surface area contributed by atoms with E-state index in [1.165, 1.54) is 22.3 Å². The highest BCUT2D eigenvalue weighted by molar-refractivity contribution is 9.10. The smallest absolute Gasteiger partial charge is 0.0732 e. The van der Waals surface area contributed by atoms with Crippen LogP contribution in [0.4, 0.5) is 0 Å². The van der Waals surface area contributed by atoms with E-state index in [4.69, 9.17) is 9.47 Å². The highest BCUT2D eigenvalue weighted by Gasteiger charge is 2.51. The zero-order chi connectivity index (χ0) is 15.9. The third kappa shape index (κ3) is 1.99. The topological polar surface area (TPSA) is 18.5 Å². The molecule has 0 N–H and O–H groups in total.